The zero-order valence-electron chi connectivity index (χ0n) is 11.6. The van der Waals surface area contributed by atoms with Crippen LogP contribution in [0, 0.1) is 0 Å². The smallest absolute Gasteiger partial charge is 0.356 e. The fourth-order valence-electron chi connectivity index (χ4n) is 2.49. The Hall–Kier alpha value is -2.07. The summed E-state index contributed by atoms with van der Waals surface area (Å²) in [6.45, 7) is 0.984. The number of carbonyl (C=O) groups is 1. The number of esters is 1. The van der Waals surface area contributed by atoms with E-state index in [2.05, 4.69) is 21.1 Å². The van der Waals surface area contributed by atoms with E-state index in [1.165, 1.54) is 12.7 Å². The Morgan fingerprint density at radius 3 is 2.95 bits per heavy atom. The largest absolute Gasteiger partial charge is 0.464 e. The first-order valence-electron chi connectivity index (χ1n) is 6.80. The highest BCUT2D eigenvalue weighted by atomic mass is 35.5. The van der Waals surface area contributed by atoms with Crippen LogP contribution in [0.15, 0.2) is 30.5 Å². The number of carbonyl (C=O) groups excluding carboxylic acids is 1. The van der Waals surface area contributed by atoms with Gasteiger partial charge in [-0.25, -0.2) is 9.78 Å². The molecule has 108 valence electrons. The van der Waals surface area contributed by atoms with Crippen molar-refractivity contribution in [2.45, 2.75) is 12.8 Å². The summed E-state index contributed by atoms with van der Waals surface area (Å²) in [6, 6.07) is 7.54. The summed E-state index contributed by atoms with van der Waals surface area (Å²) < 4.78 is 4.64. The monoisotopic (exact) mass is 302 g/mol. The lowest BCUT2D eigenvalue weighted by Crippen LogP contribution is -2.11. The number of aryl methyl sites for hydroxylation is 1. The van der Waals surface area contributed by atoms with Gasteiger partial charge in [-0.3, -0.25) is 0 Å². The standard InChI is InChI=1S/C16H15ClN2O2/c1-21-16(20)14-5-4-11(9-19-14)12-7-10-3-2-6-18-15(10)8-13(12)17/h4-5,7-9,18H,2-3,6H2,1H3. The first kappa shape index (κ1) is 13.9. The molecule has 2 heterocycles. The predicted octanol–water partition coefficient (Wildman–Crippen LogP) is 3.55. The van der Waals surface area contributed by atoms with Crippen molar-refractivity contribution in [3.8, 4) is 11.1 Å². The van der Waals surface area contributed by atoms with Crippen LogP contribution in [-0.4, -0.2) is 24.6 Å². The average molecular weight is 303 g/mol. The Morgan fingerprint density at radius 1 is 1.38 bits per heavy atom. The van der Waals surface area contributed by atoms with Crippen LogP contribution in [0.5, 0.6) is 0 Å². The molecule has 1 aliphatic heterocycles. The molecule has 1 aromatic carbocycles. The fraction of sp³-hybridized carbons (Fsp3) is 0.250. The molecule has 0 spiro atoms. The van der Waals surface area contributed by atoms with E-state index in [0.717, 1.165) is 36.2 Å². The van der Waals surface area contributed by atoms with Gasteiger partial charge in [0.2, 0.25) is 0 Å². The summed E-state index contributed by atoms with van der Waals surface area (Å²) >= 11 is 6.37. The lowest BCUT2D eigenvalue weighted by atomic mass is 9.98. The van der Waals surface area contributed by atoms with Gasteiger partial charge in [-0.05, 0) is 36.6 Å². The maximum absolute atomic E-state index is 11.4. The van der Waals surface area contributed by atoms with E-state index in [1.54, 1.807) is 12.3 Å². The number of fused-ring (bicyclic) bond motifs is 1. The van der Waals surface area contributed by atoms with E-state index >= 15 is 0 Å². The quantitative estimate of drug-likeness (QED) is 0.862. The van der Waals surface area contributed by atoms with Gasteiger partial charge >= 0.3 is 5.97 Å². The molecule has 1 N–H and O–H groups in total. The van der Waals surface area contributed by atoms with E-state index < -0.39 is 5.97 Å². The van der Waals surface area contributed by atoms with Crippen molar-refractivity contribution in [2.24, 2.45) is 0 Å². The van der Waals surface area contributed by atoms with Gasteiger partial charge in [0.15, 0.2) is 0 Å². The van der Waals surface area contributed by atoms with Gasteiger partial charge in [0.05, 0.1) is 12.1 Å². The van der Waals surface area contributed by atoms with Crippen LogP contribution >= 0.6 is 11.6 Å². The minimum Gasteiger partial charge on any atom is -0.464 e. The molecular weight excluding hydrogens is 288 g/mol. The third-order valence-electron chi connectivity index (χ3n) is 3.60. The van der Waals surface area contributed by atoms with Crippen molar-refractivity contribution in [1.29, 1.82) is 0 Å². The number of halogens is 1. The molecular formula is C16H15ClN2O2. The maximum Gasteiger partial charge on any atom is 0.356 e. The number of anilines is 1. The molecule has 0 radical (unpaired) electrons. The van der Waals surface area contributed by atoms with Crippen molar-refractivity contribution < 1.29 is 9.53 Å². The third-order valence-corrected chi connectivity index (χ3v) is 3.91. The van der Waals surface area contributed by atoms with Crippen LogP contribution in [-0.2, 0) is 11.2 Å². The SMILES string of the molecule is COC(=O)c1ccc(-c2cc3c(cc2Cl)NCCC3)cn1. The van der Waals surface area contributed by atoms with Crippen LogP contribution < -0.4 is 5.32 Å². The molecule has 3 rings (SSSR count). The number of rotatable bonds is 2. The van der Waals surface area contributed by atoms with Crippen LogP contribution in [0.1, 0.15) is 22.5 Å². The van der Waals surface area contributed by atoms with Crippen molar-refractivity contribution in [3.05, 3.63) is 46.7 Å². The molecule has 0 unspecified atom stereocenters. The maximum atomic E-state index is 11.4. The predicted molar refractivity (Wildman–Crippen MR) is 82.8 cm³/mol. The number of benzene rings is 1. The number of pyridine rings is 1. The number of hydrogen-bond acceptors (Lipinski definition) is 4. The Morgan fingerprint density at radius 2 is 2.24 bits per heavy atom. The number of hydrogen-bond donors (Lipinski definition) is 1. The van der Waals surface area contributed by atoms with Gasteiger partial charge in [0.1, 0.15) is 5.69 Å². The number of nitrogens with one attached hydrogen (secondary N) is 1. The second-order valence-electron chi connectivity index (χ2n) is 4.94. The summed E-state index contributed by atoms with van der Waals surface area (Å²) in [4.78, 5) is 15.5. The normalized spacial score (nSPS) is 13.2. The molecule has 0 aliphatic carbocycles. The number of nitrogens with zero attached hydrogens (tertiary/aromatic N) is 1. The van der Waals surface area contributed by atoms with Crippen molar-refractivity contribution in [3.63, 3.8) is 0 Å². The third kappa shape index (κ3) is 2.72. The molecule has 0 bridgehead atoms. The zero-order chi connectivity index (χ0) is 14.8. The molecule has 0 atom stereocenters. The van der Waals surface area contributed by atoms with Crippen LogP contribution in [0.2, 0.25) is 5.02 Å². The molecule has 1 aliphatic rings. The van der Waals surface area contributed by atoms with Gasteiger partial charge in [-0.1, -0.05) is 17.7 Å². The van der Waals surface area contributed by atoms with Crippen molar-refractivity contribution >= 4 is 23.3 Å². The molecule has 0 amide bonds. The highest BCUT2D eigenvalue weighted by Gasteiger charge is 2.14. The van der Waals surface area contributed by atoms with Crippen LogP contribution in [0.4, 0.5) is 5.69 Å². The molecule has 21 heavy (non-hydrogen) atoms. The number of ether oxygens (including phenoxy) is 1. The molecule has 2 aromatic rings. The Labute approximate surface area is 128 Å². The molecule has 1 aromatic heterocycles. The number of methoxy groups -OCH3 is 1. The Bertz CT molecular complexity index is 683. The highest BCUT2D eigenvalue weighted by Crippen LogP contribution is 2.34. The van der Waals surface area contributed by atoms with Crippen LogP contribution in [0.3, 0.4) is 0 Å². The first-order chi connectivity index (χ1) is 10.2. The minimum atomic E-state index is -0.442. The van der Waals surface area contributed by atoms with Gasteiger partial charge in [-0.2, -0.15) is 0 Å². The topological polar surface area (TPSA) is 51.2 Å². The van der Waals surface area contributed by atoms with E-state index in [4.69, 9.17) is 11.6 Å². The lowest BCUT2D eigenvalue weighted by Gasteiger charge is -2.19. The molecule has 0 saturated carbocycles. The zero-order valence-corrected chi connectivity index (χ0v) is 12.4. The summed E-state index contributed by atoms with van der Waals surface area (Å²) in [5.41, 5.74) is 4.48. The highest BCUT2D eigenvalue weighted by molar-refractivity contribution is 6.33. The second kappa shape index (κ2) is 5.74. The van der Waals surface area contributed by atoms with Gasteiger partial charge in [0.25, 0.3) is 0 Å². The molecule has 0 fully saturated rings. The summed E-state index contributed by atoms with van der Waals surface area (Å²) in [5, 5.41) is 4.03. The van der Waals surface area contributed by atoms with E-state index in [1.807, 2.05) is 12.1 Å². The summed E-state index contributed by atoms with van der Waals surface area (Å²) in [7, 11) is 1.34. The fourth-order valence-corrected chi connectivity index (χ4v) is 2.76. The van der Waals surface area contributed by atoms with E-state index in [-0.39, 0.29) is 5.69 Å². The lowest BCUT2D eigenvalue weighted by molar-refractivity contribution is 0.0594. The minimum absolute atomic E-state index is 0.289. The molecule has 5 heteroatoms. The average Bonchev–Trinajstić information content (AvgIpc) is 2.53. The van der Waals surface area contributed by atoms with Gasteiger partial charge in [0, 0.05) is 29.6 Å². The number of aromatic nitrogens is 1. The van der Waals surface area contributed by atoms with Gasteiger partial charge < -0.3 is 10.1 Å². The summed E-state index contributed by atoms with van der Waals surface area (Å²) in [5.74, 6) is -0.442. The Balaban J connectivity index is 1.98. The Kier molecular flexibility index (Phi) is 3.80. The van der Waals surface area contributed by atoms with Gasteiger partial charge in [-0.15, -0.1) is 0 Å². The van der Waals surface area contributed by atoms with E-state index in [0.29, 0.717) is 5.02 Å². The second-order valence-corrected chi connectivity index (χ2v) is 5.35. The van der Waals surface area contributed by atoms with Crippen molar-refractivity contribution in [1.82, 2.24) is 4.98 Å². The first-order valence-corrected chi connectivity index (χ1v) is 7.18. The van der Waals surface area contributed by atoms with Crippen LogP contribution in [0.25, 0.3) is 11.1 Å². The molecule has 4 nitrogen and oxygen atoms in total. The van der Waals surface area contributed by atoms with E-state index in [9.17, 15) is 4.79 Å². The molecule has 0 saturated heterocycles. The summed E-state index contributed by atoms with van der Waals surface area (Å²) in [6.07, 6.45) is 3.81. The van der Waals surface area contributed by atoms with Crippen molar-refractivity contribution in [2.75, 3.05) is 19.0 Å².